The summed E-state index contributed by atoms with van der Waals surface area (Å²) in [6.07, 6.45) is 2.00. The number of nitrogens with zero attached hydrogens (tertiary/aromatic N) is 11. The van der Waals surface area contributed by atoms with Crippen LogP contribution in [-0.4, -0.2) is 75.0 Å². The summed E-state index contributed by atoms with van der Waals surface area (Å²) >= 11 is 11.0. The van der Waals surface area contributed by atoms with Crippen LogP contribution in [0.15, 0.2) is 6.20 Å². The first-order chi connectivity index (χ1) is 54.4. The smallest absolute Gasteiger partial charge is 0.120 e. The zero-order valence-electron chi connectivity index (χ0n) is 83.5. The van der Waals surface area contributed by atoms with Gasteiger partial charge in [0.1, 0.15) is 33.3 Å². The van der Waals surface area contributed by atoms with Crippen LogP contribution in [0.25, 0.3) is 0 Å². The second-order valence-electron chi connectivity index (χ2n) is 37.7. The minimum atomic E-state index is 0.496. The number of aromatic amines is 4. The normalized spacial score (nSPS) is 11.6. The Morgan fingerprint density at radius 2 is 0.432 bits per heavy atom. The fraction of sp³-hybridized carbons (Fsp3) is 0.701. The molecule has 0 saturated heterocycles. The highest BCUT2D eigenvalue weighted by molar-refractivity contribution is 7.13. The van der Waals surface area contributed by atoms with Crippen LogP contribution in [0.5, 0.6) is 0 Å². The maximum Gasteiger partial charge on any atom is 0.120 e. The molecular weight excluding hydrogens is 1570 g/mol. The number of hydrogen-bond acceptors (Lipinski definition) is 17. The number of nitrogens with one attached hydrogen (secondary N) is 4. The van der Waals surface area contributed by atoms with Gasteiger partial charge < -0.3 is 19.9 Å². The van der Waals surface area contributed by atoms with Gasteiger partial charge in [0, 0.05) is 118 Å². The van der Waals surface area contributed by atoms with Gasteiger partial charge in [0.2, 0.25) is 0 Å². The molecule has 10 aromatic heterocycles. The summed E-state index contributed by atoms with van der Waals surface area (Å²) in [4.78, 5) is 61.2. The quantitative estimate of drug-likeness (QED) is 0.0565. The van der Waals surface area contributed by atoms with E-state index in [1.165, 1.54) is 118 Å². The number of hydrogen-bond donors (Lipinski definition) is 4. The molecule has 10 rings (SSSR count). The van der Waals surface area contributed by atoms with Crippen molar-refractivity contribution in [3.63, 3.8) is 0 Å². The van der Waals surface area contributed by atoms with Crippen molar-refractivity contribution in [3.8, 4) is 0 Å². The average molecular weight is 1740 g/mol. The zero-order valence-corrected chi connectivity index (χ0v) is 88.4. The minimum Gasteiger partial charge on any atom is -0.346 e. The first-order valence-electron chi connectivity index (χ1n) is 44.3. The summed E-state index contributed by atoms with van der Waals surface area (Å²) in [6.45, 7) is 104. The molecule has 15 nitrogen and oxygen atoms in total. The van der Waals surface area contributed by atoms with Crippen molar-refractivity contribution in [3.05, 3.63) is 157 Å². The molecule has 0 saturated carbocycles. The number of thiazole rings is 5. The van der Waals surface area contributed by atoms with Gasteiger partial charge in [-0.25, -0.2) is 44.9 Å². The summed E-state index contributed by atoms with van der Waals surface area (Å²) in [5.74, 6) is 15.4. The van der Waals surface area contributed by atoms with Crippen molar-refractivity contribution in [2.75, 3.05) is 0 Å². The van der Waals surface area contributed by atoms with E-state index in [0.29, 0.717) is 118 Å². The summed E-state index contributed by atoms with van der Waals surface area (Å²) in [5, 5.41) is 16.9. The standard InChI is InChI=1S/4C10H18N2.4C10H17NS.C9H15NS.C8H14N2S/c4*1-6(2)9-8(5)11-10(12-9)7(3)4;2*1-6(2)9-8(5)12-10(11-9)7(3)4;2*1-6(2)9-8(5)11-10(12-9)7(3)4;1-6(2)8-5-10-9(11-8)7(3)4;1-5(2)7-9-10-8(11-7)6(3)4/h4*6-7H,1-5H3,(H,11,12);4*6-7H,1-5H3;5-7H,1-4H3;5-6H,1-4H3. The van der Waals surface area contributed by atoms with Crippen LogP contribution in [0.1, 0.15) is 546 Å². The maximum atomic E-state index is 4.63. The first-order valence-corrected chi connectivity index (χ1v) is 49.2. The maximum absolute atomic E-state index is 4.63. The molecule has 118 heavy (non-hydrogen) atoms. The Labute approximate surface area is 745 Å². The molecule has 10 aromatic rings. The molecule has 4 N–H and O–H groups in total. The largest absolute Gasteiger partial charge is 0.346 e. The van der Waals surface area contributed by atoms with Gasteiger partial charge in [0.25, 0.3) is 0 Å². The number of rotatable bonds is 20. The van der Waals surface area contributed by atoms with E-state index in [4.69, 9.17) is 0 Å². The molecule has 0 spiro atoms. The minimum absolute atomic E-state index is 0.496. The van der Waals surface area contributed by atoms with Crippen LogP contribution in [0.3, 0.4) is 0 Å². The lowest BCUT2D eigenvalue weighted by Crippen LogP contribution is -1.92. The predicted molar refractivity (Wildman–Crippen MR) is 525 cm³/mol. The van der Waals surface area contributed by atoms with E-state index < -0.39 is 0 Å². The Kier molecular flexibility index (Phi) is 49.6. The average Bonchev–Trinajstić information content (AvgIpc) is 1.72. The molecule has 0 aromatic carbocycles. The number of imidazole rings is 4. The van der Waals surface area contributed by atoms with Crippen molar-refractivity contribution in [2.24, 2.45) is 0 Å². The Morgan fingerprint density at radius 3 is 0.551 bits per heavy atom. The van der Waals surface area contributed by atoms with Crippen LogP contribution in [0, 0.1) is 55.4 Å². The van der Waals surface area contributed by atoms with Gasteiger partial charge in [-0.2, -0.15) is 0 Å². The van der Waals surface area contributed by atoms with Crippen LogP contribution in [0.4, 0.5) is 0 Å². The Bertz CT molecular complexity index is 3590. The molecule has 0 amide bonds. The van der Waals surface area contributed by atoms with E-state index in [1.54, 1.807) is 11.3 Å². The number of H-pyrrole nitrogens is 4. The second kappa shape index (κ2) is 52.9. The van der Waals surface area contributed by atoms with Crippen LogP contribution in [-0.2, 0) is 0 Å². The van der Waals surface area contributed by atoms with E-state index >= 15 is 0 Å². The number of aromatic nitrogens is 15. The fourth-order valence-corrected chi connectivity index (χ4v) is 17.8. The summed E-state index contributed by atoms with van der Waals surface area (Å²) in [7, 11) is 0. The third kappa shape index (κ3) is 37.3. The summed E-state index contributed by atoms with van der Waals surface area (Å²) in [5.41, 5.74) is 14.7. The predicted octanol–water partition coefficient (Wildman–Crippen LogP) is 32.8. The molecule has 10 heterocycles. The van der Waals surface area contributed by atoms with Gasteiger partial charge in [0.05, 0.1) is 70.6 Å². The van der Waals surface area contributed by atoms with E-state index in [-0.39, 0.29) is 0 Å². The van der Waals surface area contributed by atoms with E-state index in [2.05, 4.69) is 407 Å². The molecule has 21 heteroatoms. The zero-order chi connectivity index (χ0) is 91.3. The topological polar surface area (TPSA) is 205 Å². The molecule has 0 aliphatic heterocycles. The van der Waals surface area contributed by atoms with Gasteiger partial charge in [-0.05, 0) is 109 Å². The van der Waals surface area contributed by atoms with Gasteiger partial charge in [-0.3, -0.25) is 0 Å². The number of aryl methyl sites for hydroxylation is 8. The van der Waals surface area contributed by atoms with Gasteiger partial charge in [0.15, 0.2) is 0 Å². The van der Waals surface area contributed by atoms with Crippen LogP contribution < -0.4 is 0 Å². The Hall–Kier alpha value is -5.45. The Balaban J connectivity index is 0.000000656. The molecule has 0 fully saturated rings. The molecular formula is C97H169N15S6. The molecule has 0 unspecified atom stereocenters. The summed E-state index contributed by atoms with van der Waals surface area (Å²) in [6, 6.07) is 0. The van der Waals surface area contributed by atoms with Gasteiger partial charge in [-0.15, -0.1) is 78.2 Å². The first kappa shape index (κ1) is 111. The second-order valence-corrected chi connectivity index (χ2v) is 44.4. The highest BCUT2D eigenvalue weighted by Gasteiger charge is 2.20. The molecule has 0 atom stereocenters. The van der Waals surface area contributed by atoms with Crippen molar-refractivity contribution >= 4 is 68.0 Å². The van der Waals surface area contributed by atoms with E-state index in [0.717, 1.165) is 33.3 Å². The van der Waals surface area contributed by atoms with Crippen molar-refractivity contribution in [1.29, 1.82) is 0 Å². The van der Waals surface area contributed by atoms with Crippen molar-refractivity contribution in [2.45, 2.75) is 451 Å². The third-order valence-electron chi connectivity index (χ3n) is 18.7. The lowest BCUT2D eigenvalue weighted by molar-refractivity contribution is 0.771. The Morgan fingerprint density at radius 1 is 0.203 bits per heavy atom. The molecule has 0 aliphatic carbocycles. The van der Waals surface area contributed by atoms with Gasteiger partial charge >= 0.3 is 0 Å². The van der Waals surface area contributed by atoms with Gasteiger partial charge in [-0.1, -0.05) is 277 Å². The third-order valence-corrected chi connectivity index (χ3v) is 27.9. The SMILES string of the molecule is CC(C)c1cnc(C(C)C)s1.CC(C)c1nnc(C(C)C)s1.Cc1[nH]c(C(C)C)nc1C(C)C.Cc1[nH]c(C(C)C)nc1C(C)C.Cc1[nH]c(C(C)C)nc1C(C)C.Cc1[nH]c(C(C)C)nc1C(C)C.Cc1nc(C(C)C)sc1C(C)C.Cc1nc(C(C)C)sc1C(C)C.Cc1sc(C(C)C)nc1C(C)C.Cc1sc(C(C)C)nc1C(C)C. The highest BCUT2D eigenvalue weighted by Crippen LogP contribution is 2.35. The lowest BCUT2D eigenvalue weighted by Gasteiger charge is -2.00. The molecule has 0 aliphatic rings. The molecule has 668 valence electrons. The summed E-state index contributed by atoms with van der Waals surface area (Å²) < 4.78 is 0. The van der Waals surface area contributed by atoms with E-state index in [1.807, 2.05) is 62.9 Å². The van der Waals surface area contributed by atoms with Crippen molar-refractivity contribution < 1.29 is 0 Å². The van der Waals surface area contributed by atoms with Crippen LogP contribution >= 0.6 is 68.0 Å². The monoisotopic (exact) mass is 1740 g/mol. The lowest BCUT2D eigenvalue weighted by atomic mass is 10.1. The van der Waals surface area contributed by atoms with Crippen LogP contribution in [0.2, 0.25) is 0 Å². The molecule has 0 radical (unpaired) electrons. The van der Waals surface area contributed by atoms with Crippen molar-refractivity contribution in [1.82, 2.24) is 75.0 Å². The fourth-order valence-electron chi connectivity index (χ4n) is 11.7. The van der Waals surface area contributed by atoms with E-state index in [9.17, 15) is 0 Å². The highest BCUT2D eigenvalue weighted by atomic mass is 32.1. The molecule has 0 bridgehead atoms.